The molecule has 0 aliphatic carbocycles. The van der Waals surface area contributed by atoms with Gasteiger partial charge in [-0.15, -0.1) is 0 Å². The second-order valence-electron chi connectivity index (χ2n) is 5.16. The zero-order valence-corrected chi connectivity index (χ0v) is 13.6. The fourth-order valence-corrected chi connectivity index (χ4v) is 2.35. The van der Waals surface area contributed by atoms with Gasteiger partial charge in [0.2, 0.25) is 0 Å². The molecule has 22 heavy (non-hydrogen) atoms. The molecule has 2 aromatic rings. The molecule has 0 aliphatic rings. The molecule has 0 amide bonds. The second-order valence-corrected chi connectivity index (χ2v) is 5.16. The Hall–Kier alpha value is -2.14. The van der Waals surface area contributed by atoms with Crippen molar-refractivity contribution in [3.05, 3.63) is 45.7 Å². The summed E-state index contributed by atoms with van der Waals surface area (Å²) in [5.74, 6) is 0.758. The standard InChI is InChI=1S/C17H23N3O2/c1-5-18-11-13-10-15(19-20(6-2)17(13)21)14-9-12(3)7-8-16(14)22-4/h7-10,18H,5-6,11H2,1-4H3. The van der Waals surface area contributed by atoms with Gasteiger partial charge >= 0.3 is 0 Å². The summed E-state index contributed by atoms with van der Waals surface area (Å²) in [6, 6.07) is 7.81. The van der Waals surface area contributed by atoms with Crippen LogP contribution < -0.4 is 15.6 Å². The molecular weight excluding hydrogens is 278 g/mol. The number of aromatic nitrogens is 2. The second kappa shape index (κ2) is 7.22. The van der Waals surface area contributed by atoms with Crippen LogP contribution in [0, 0.1) is 6.92 Å². The Morgan fingerprint density at radius 2 is 2.05 bits per heavy atom. The molecule has 5 nitrogen and oxygen atoms in total. The lowest BCUT2D eigenvalue weighted by Crippen LogP contribution is -2.29. The maximum Gasteiger partial charge on any atom is 0.271 e. The van der Waals surface area contributed by atoms with Crippen LogP contribution in [0.1, 0.15) is 25.0 Å². The minimum Gasteiger partial charge on any atom is -0.496 e. The highest BCUT2D eigenvalue weighted by atomic mass is 16.5. The topological polar surface area (TPSA) is 56.1 Å². The molecule has 5 heteroatoms. The van der Waals surface area contributed by atoms with Crippen LogP contribution in [0.25, 0.3) is 11.3 Å². The van der Waals surface area contributed by atoms with Crippen molar-refractivity contribution in [3.63, 3.8) is 0 Å². The van der Waals surface area contributed by atoms with Crippen LogP contribution in [0.5, 0.6) is 5.75 Å². The summed E-state index contributed by atoms with van der Waals surface area (Å²) in [6.07, 6.45) is 0. The Kier molecular flexibility index (Phi) is 5.33. The van der Waals surface area contributed by atoms with Crippen LogP contribution in [0.2, 0.25) is 0 Å². The van der Waals surface area contributed by atoms with E-state index >= 15 is 0 Å². The molecule has 118 valence electrons. The molecule has 0 saturated carbocycles. The van der Waals surface area contributed by atoms with E-state index in [0.717, 1.165) is 34.7 Å². The zero-order chi connectivity index (χ0) is 16.1. The molecule has 0 unspecified atom stereocenters. The first kappa shape index (κ1) is 16.2. The largest absolute Gasteiger partial charge is 0.496 e. The average molecular weight is 301 g/mol. The Morgan fingerprint density at radius 3 is 2.68 bits per heavy atom. The van der Waals surface area contributed by atoms with E-state index in [0.29, 0.717) is 13.1 Å². The van der Waals surface area contributed by atoms with Crippen LogP contribution >= 0.6 is 0 Å². The zero-order valence-electron chi connectivity index (χ0n) is 13.6. The molecule has 0 saturated heterocycles. The van der Waals surface area contributed by atoms with Gasteiger partial charge in [0, 0.05) is 24.2 Å². The molecule has 0 radical (unpaired) electrons. The SMILES string of the molecule is CCNCc1cc(-c2cc(C)ccc2OC)nn(CC)c1=O. The van der Waals surface area contributed by atoms with Crippen molar-refractivity contribution in [2.45, 2.75) is 33.9 Å². The maximum atomic E-state index is 12.3. The number of benzene rings is 1. The molecular formula is C17H23N3O2. The van der Waals surface area contributed by atoms with Gasteiger partial charge in [-0.1, -0.05) is 18.6 Å². The predicted octanol–water partition coefficient (Wildman–Crippen LogP) is 2.36. The first-order chi connectivity index (χ1) is 10.6. The van der Waals surface area contributed by atoms with E-state index in [1.165, 1.54) is 4.68 Å². The first-order valence-electron chi connectivity index (χ1n) is 7.57. The van der Waals surface area contributed by atoms with Gasteiger partial charge in [-0.25, -0.2) is 4.68 Å². The minimum absolute atomic E-state index is 0.0428. The number of hydrogen-bond acceptors (Lipinski definition) is 4. The van der Waals surface area contributed by atoms with E-state index in [4.69, 9.17) is 4.74 Å². The summed E-state index contributed by atoms with van der Waals surface area (Å²) in [6.45, 7) is 7.86. The number of rotatable bonds is 6. The van der Waals surface area contributed by atoms with Gasteiger partial charge in [-0.3, -0.25) is 4.79 Å². The van der Waals surface area contributed by atoms with E-state index in [9.17, 15) is 4.79 Å². The van der Waals surface area contributed by atoms with Crippen LogP contribution in [0.4, 0.5) is 0 Å². The van der Waals surface area contributed by atoms with Gasteiger partial charge in [0.15, 0.2) is 0 Å². The molecule has 1 aromatic carbocycles. The average Bonchev–Trinajstić information content (AvgIpc) is 2.53. The van der Waals surface area contributed by atoms with Crippen molar-refractivity contribution in [1.29, 1.82) is 0 Å². The third-order valence-corrected chi connectivity index (χ3v) is 3.54. The molecule has 1 aromatic heterocycles. The van der Waals surface area contributed by atoms with E-state index in [2.05, 4.69) is 10.4 Å². The van der Waals surface area contributed by atoms with Gasteiger partial charge in [-0.05, 0) is 38.6 Å². The molecule has 0 fully saturated rings. The van der Waals surface area contributed by atoms with Crippen molar-refractivity contribution in [3.8, 4) is 17.0 Å². The third-order valence-electron chi connectivity index (χ3n) is 3.54. The third kappa shape index (κ3) is 3.36. The number of nitrogens with one attached hydrogen (secondary N) is 1. The minimum atomic E-state index is -0.0428. The van der Waals surface area contributed by atoms with Gasteiger partial charge in [0.1, 0.15) is 5.75 Å². The number of hydrogen-bond donors (Lipinski definition) is 1. The maximum absolute atomic E-state index is 12.3. The summed E-state index contributed by atoms with van der Waals surface area (Å²) in [5.41, 5.74) is 3.47. The predicted molar refractivity (Wildman–Crippen MR) is 88.3 cm³/mol. The number of aryl methyl sites for hydroxylation is 2. The highest BCUT2D eigenvalue weighted by molar-refractivity contribution is 5.68. The lowest BCUT2D eigenvalue weighted by atomic mass is 10.1. The summed E-state index contributed by atoms with van der Waals surface area (Å²) >= 11 is 0. The lowest BCUT2D eigenvalue weighted by Gasteiger charge is -2.13. The van der Waals surface area contributed by atoms with Crippen molar-refractivity contribution in [2.24, 2.45) is 0 Å². The Bertz CT molecular complexity index is 708. The first-order valence-corrected chi connectivity index (χ1v) is 7.57. The quantitative estimate of drug-likeness (QED) is 0.890. The fourth-order valence-electron chi connectivity index (χ4n) is 2.35. The van der Waals surface area contributed by atoms with Gasteiger partial charge in [0.05, 0.1) is 12.8 Å². The van der Waals surface area contributed by atoms with E-state index in [-0.39, 0.29) is 5.56 Å². The molecule has 0 spiro atoms. The molecule has 0 bridgehead atoms. The number of methoxy groups -OCH3 is 1. The molecule has 2 rings (SSSR count). The highest BCUT2D eigenvalue weighted by Gasteiger charge is 2.13. The molecule has 0 atom stereocenters. The van der Waals surface area contributed by atoms with Crippen molar-refractivity contribution in [1.82, 2.24) is 15.1 Å². The van der Waals surface area contributed by atoms with Gasteiger partial charge in [-0.2, -0.15) is 5.10 Å². The molecule has 1 heterocycles. The van der Waals surface area contributed by atoms with E-state index < -0.39 is 0 Å². The Labute approximate surface area is 130 Å². The lowest BCUT2D eigenvalue weighted by molar-refractivity contribution is 0.416. The monoisotopic (exact) mass is 301 g/mol. The Balaban J connectivity index is 2.60. The van der Waals surface area contributed by atoms with Gasteiger partial charge in [0.25, 0.3) is 5.56 Å². The summed E-state index contributed by atoms with van der Waals surface area (Å²) < 4.78 is 6.94. The molecule has 1 N–H and O–H groups in total. The summed E-state index contributed by atoms with van der Waals surface area (Å²) in [5, 5.41) is 7.68. The number of ether oxygens (including phenoxy) is 1. The van der Waals surface area contributed by atoms with E-state index in [1.807, 2.05) is 45.0 Å². The van der Waals surface area contributed by atoms with Crippen LogP contribution in [0.15, 0.2) is 29.1 Å². The van der Waals surface area contributed by atoms with Crippen LogP contribution in [-0.2, 0) is 13.1 Å². The highest BCUT2D eigenvalue weighted by Crippen LogP contribution is 2.29. The van der Waals surface area contributed by atoms with Crippen LogP contribution in [-0.4, -0.2) is 23.4 Å². The fraction of sp³-hybridized carbons (Fsp3) is 0.412. The summed E-state index contributed by atoms with van der Waals surface area (Å²) in [4.78, 5) is 12.3. The molecule has 0 aliphatic heterocycles. The van der Waals surface area contributed by atoms with Crippen LogP contribution in [0.3, 0.4) is 0 Å². The van der Waals surface area contributed by atoms with Gasteiger partial charge < -0.3 is 10.1 Å². The number of nitrogens with zero attached hydrogens (tertiary/aromatic N) is 2. The normalized spacial score (nSPS) is 10.7. The van der Waals surface area contributed by atoms with Crippen molar-refractivity contribution >= 4 is 0 Å². The van der Waals surface area contributed by atoms with Crippen molar-refractivity contribution in [2.75, 3.05) is 13.7 Å². The van der Waals surface area contributed by atoms with E-state index in [1.54, 1.807) is 7.11 Å². The Morgan fingerprint density at radius 1 is 1.27 bits per heavy atom. The van der Waals surface area contributed by atoms with Crippen molar-refractivity contribution < 1.29 is 4.74 Å². The smallest absolute Gasteiger partial charge is 0.271 e. The summed E-state index contributed by atoms with van der Waals surface area (Å²) in [7, 11) is 1.64.